The topological polar surface area (TPSA) is 124 Å². The number of carbonyl (C=O) groups excluding carboxylic acids is 1. The van der Waals surface area contributed by atoms with E-state index >= 15 is 0 Å². The highest BCUT2D eigenvalue weighted by atomic mass is 32.2. The summed E-state index contributed by atoms with van der Waals surface area (Å²) in [6, 6.07) is 6.84. The van der Waals surface area contributed by atoms with E-state index < -0.39 is 17.1 Å². The average Bonchev–Trinajstić information content (AvgIpc) is 2.79. The first kappa shape index (κ1) is 25.2. The Morgan fingerprint density at radius 3 is 2.50 bits per heavy atom. The van der Waals surface area contributed by atoms with Crippen LogP contribution < -0.4 is 21.3 Å². The lowest BCUT2D eigenvalue weighted by atomic mass is 10.3. The second-order valence-electron chi connectivity index (χ2n) is 6.73. The Balaban J connectivity index is 2.39. The summed E-state index contributed by atoms with van der Waals surface area (Å²) in [5, 5.41) is 13.4. The van der Waals surface area contributed by atoms with E-state index in [1.165, 1.54) is 14.1 Å². The SMILES string of the molecule is CCOc1ccc(N=C(SCC(=O)NCCCOC)c2c(O)n(C)c(=O)n(C)c2=O)cc1. The molecule has 1 heterocycles. The van der Waals surface area contributed by atoms with Crippen molar-refractivity contribution in [2.24, 2.45) is 19.1 Å². The van der Waals surface area contributed by atoms with Crippen molar-refractivity contribution < 1.29 is 19.4 Å². The van der Waals surface area contributed by atoms with Gasteiger partial charge in [0.2, 0.25) is 11.8 Å². The van der Waals surface area contributed by atoms with E-state index in [1.807, 2.05) is 6.92 Å². The van der Waals surface area contributed by atoms with Crippen LogP contribution in [0.25, 0.3) is 0 Å². The zero-order valence-corrected chi connectivity index (χ0v) is 19.4. The van der Waals surface area contributed by atoms with Crippen molar-refractivity contribution in [1.29, 1.82) is 0 Å². The number of carbonyl (C=O) groups is 1. The maximum absolute atomic E-state index is 12.8. The van der Waals surface area contributed by atoms with Crippen molar-refractivity contribution in [3.8, 4) is 11.6 Å². The minimum atomic E-state index is -0.705. The number of hydrogen-bond donors (Lipinski definition) is 2. The van der Waals surface area contributed by atoms with Gasteiger partial charge in [-0.25, -0.2) is 9.79 Å². The number of aromatic nitrogens is 2. The number of nitrogens with one attached hydrogen (secondary N) is 1. The number of hydrogen-bond acceptors (Lipinski definition) is 8. The molecule has 0 spiro atoms. The van der Waals surface area contributed by atoms with E-state index in [2.05, 4.69) is 10.3 Å². The summed E-state index contributed by atoms with van der Waals surface area (Å²) in [7, 11) is 4.25. The predicted molar refractivity (Wildman–Crippen MR) is 124 cm³/mol. The summed E-state index contributed by atoms with van der Waals surface area (Å²) < 4.78 is 12.2. The molecule has 0 aliphatic carbocycles. The first-order chi connectivity index (χ1) is 15.3. The van der Waals surface area contributed by atoms with E-state index in [9.17, 15) is 19.5 Å². The van der Waals surface area contributed by atoms with Crippen LogP contribution in [0.15, 0.2) is 38.8 Å². The van der Waals surface area contributed by atoms with Crippen molar-refractivity contribution >= 4 is 28.4 Å². The lowest BCUT2D eigenvalue weighted by Gasteiger charge is -2.12. The monoisotopic (exact) mass is 464 g/mol. The van der Waals surface area contributed by atoms with Crippen LogP contribution >= 0.6 is 11.8 Å². The molecule has 1 aromatic heterocycles. The van der Waals surface area contributed by atoms with Crippen LogP contribution in [0.1, 0.15) is 18.9 Å². The van der Waals surface area contributed by atoms with Crippen LogP contribution in [0, 0.1) is 0 Å². The highest BCUT2D eigenvalue weighted by Crippen LogP contribution is 2.24. The molecule has 10 nitrogen and oxygen atoms in total. The molecule has 0 unspecified atom stereocenters. The third-order valence-corrected chi connectivity index (χ3v) is 5.39. The van der Waals surface area contributed by atoms with Crippen molar-refractivity contribution in [1.82, 2.24) is 14.5 Å². The van der Waals surface area contributed by atoms with Gasteiger partial charge >= 0.3 is 5.69 Å². The lowest BCUT2D eigenvalue weighted by molar-refractivity contribution is -0.118. The molecule has 174 valence electrons. The van der Waals surface area contributed by atoms with Crippen LogP contribution in [0.4, 0.5) is 5.69 Å². The highest BCUT2D eigenvalue weighted by Gasteiger charge is 2.21. The summed E-state index contributed by atoms with van der Waals surface area (Å²) >= 11 is 0.994. The maximum Gasteiger partial charge on any atom is 0.333 e. The van der Waals surface area contributed by atoms with E-state index in [4.69, 9.17) is 9.47 Å². The normalized spacial score (nSPS) is 11.4. The van der Waals surface area contributed by atoms with Crippen LogP contribution in [0.3, 0.4) is 0 Å². The molecular formula is C21H28N4O6S. The summed E-state index contributed by atoms with van der Waals surface area (Å²) in [5.41, 5.74) is -1.03. The van der Waals surface area contributed by atoms with Gasteiger partial charge in [0.05, 0.1) is 18.0 Å². The van der Waals surface area contributed by atoms with Crippen molar-refractivity contribution in [3.05, 3.63) is 50.7 Å². The van der Waals surface area contributed by atoms with Crippen molar-refractivity contribution in [2.45, 2.75) is 13.3 Å². The second-order valence-corrected chi connectivity index (χ2v) is 7.70. The van der Waals surface area contributed by atoms with Gasteiger partial charge in [-0.15, -0.1) is 0 Å². The fourth-order valence-electron chi connectivity index (χ4n) is 2.71. The molecule has 1 amide bonds. The van der Waals surface area contributed by atoms with Gasteiger partial charge in [-0.3, -0.25) is 18.7 Å². The zero-order chi connectivity index (χ0) is 23.7. The van der Waals surface area contributed by atoms with E-state index in [0.29, 0.717) is 37.6 Å². The van der Waals surface area contributed by atoms with E-state index in [-0.39, 0.29) is 22.3 Å². The largest absolute Gasteiger partial charge is 0.494 e. The molecule has 2 rings (SSSR count). The summed E-state index contributed by atoms with van der Waals surface area (Å²) in [5.74, 6) is -0.145. The summed E-state index contributed by atoms with van der Waals surface area (Å²) in [6.07, 6.45) is 0.669. The molecule has 32 heavy (non-hydrogen) atoms. The van der Waals surface area contributed by atoms with Gasteiger partial charge in [-0.05, 0) is 37.6 Å². The van der Waals surface area contributed by atoms with Gasteiger partial charge in [0, 0.05) is 34.4 Å². The van der Waals surface area contributed by atoms with Crippen molar-refractivity contribution in [2.75, 3.05) is 32.6 Å². The third kappa shape index (κ3) is 6.47. The minimum absolute atomic E-state index is 0.0335. The molecule has 0 aliphatic rings. The molecule has 0 radical (unpaired) electrons. The molecule has 0 aliphatic heterocycles. The average molecular weight is 465 g/mol. The summed E-state index contributed by atoms with van der Waals surface area (Å²) in [4.78, 5) is 41.6. The van der Waals surface area contributed by atoms with Crippen LogP contribution in [0.2, 0.25) is 0 Å². The van der Waals surface area contributed by atoms with Gasteiger partial charge < -0.3 is 19.9 Å². The highest BCUT2D eigenvalue weighted by molar-refractivity contribution is 8.15. The molecule has 1 aromatic carbocycles. The minimum Gasteiger partial charge on any atom is -0.494 e. The third-order valence-electron chi connectivity index (χ3n) is 4.41. The fourth-order valence-corrected chi connectivity index (χ4v) is 3.57. The second kappa shape index (κ2) is 12.1. The van der Waals surface area contributed by atoms with Gasteiger partial charge in [0.1, 0.15) is 16.4 Å². The fraction of sp³-hybridized carbons (Fsp3) is 0.429. The number of aliphatic imine (C=N–C) groups is 1. The number of amides is 1. The number of benzene rings is 1. The first-order valence-electron chi connectivity index (χ1n) is 9.99. The van der Waals surface area contributed by atoms with E-state index in [0.717, 1.165) is 20.9 Å². The Morgan fingerprint density at radius 1 is 1.19 bits per heavy atom. The summed E-state index contributed by atoms with van der Waals surface area (Å²) in [6.45, 7) is 3.37. The molecule has 0 fully saturated rings. The Labute approximate surface area is 189 Å². The van der Waals surface area contributed by atoms with Crippen LogP contribution in [-0.4, -0.2) is 57.8 Å². The molecule has 2 N–H and O–H groups in total. The molecule has 0 saturated heterocycles. The quantitative estimate of drug-likeness (QED) is 0.307. The van der Waals surface area contributed by atoms with Gasteiger partial charge in [0.15, 0.2) is 0 Å². The molecular weight excluding hydrogens is 436 g/mol. The number of aromatic hydroxyl groups is 1. The predicted octanol–water partition coefficient (Wildman–Crippen LogP) is 1.15. The van der Waals surface area contributed by atoms with Gasteiger partial charge in [-0.1, -0.05) is 11.8 Å². The number of rotatable bonds is 10. The molecule has 11 heteroatoms. The Kier molecular flexibility index (Phi) is 9.54. The number of nitrogens with zero attached hydrogens (tertiary/aromatic N) is 3. The van der Waals surface area contributed by atoms with Crippen LogP contribution in [-0.2, 0) is 23.6 Å². The Morgan fingerprint density at radius 2 is 1.88 bits per heavy atom. The number of methoxy groups -OCH3 is 1. The molecule has 0 bridgehead atoms. The molecule has 2 aromatic rings. The van der Waals surface area contributed by atoms with Crippen LogP contribution in [0.5, 0.6) is 11.6 Å². The zero-order valence-electron chi connectivity index (χ0n) is 18.6. The lowest BCUT2D eigenvalue weighted by Crippen LogP contribution is -2.39. The Hall–Kier alpha value is -3.05. The smallest absolute Gasteiger partial charge is 0.333 e. The van der Waals surface area contributed by atoms with E-state index in [1.54, 1.807) is 31.4 Å². The standard InChI is InChI=1S/C21H28N4O6S/c1-5-31-15-9-7-14(8-10-15)23-18(32-13-16(26)22-11-6-12-30-4)17-19(27)24(2)21(29)25(3)20(17)28/h7-10,27H,5-6,11-13H2,1-4H3,(H,22,26). The van der Waals surface area contributed by atoms with Crippen molar-refractivity contribution in [3.63, 3.8) is 0 Å². The number of thioether (sulfide) groups is 1. The maximum atomic E-state index is 12.8. The molecule has 0 saturated carbocycles. The van der Waals surface area contributed by atoms with Gasteiger partial charge in [0.25, 0.3) is 5.56 Å². The molecule has 0 atom stereocenters. The van der Waals surface area contributed by atoms with Gasteiger partial charge in [-0.2, -0.15) is 0 Å². The Bertz CT molecular complexity index is 1080. The first-order valence-corrected chi connectivity index (χ1v) is 11.0. The number of ether oxygens (including phenoxy) is 2.